The van der Waals surface area contributed by atoms with E-state index in [0.717, 1.165) is 32.5 Å². The summed E-state index contributed by atoms with van der Waals surface area (Å²) in [5.74, 6) is 0.571. The molecular formula is C12H23NO2. The smallest absolute Gasteiger partial charge is 0.0576 e. The summed E-state index contributed by atoms with van der Waals surface area (Å²) in [6.07, 6.45) is 6.69. The third kappa shape index (κ3) is 3.16. The maximum atomic E-state index is 6.18. The van der Waals surface area contributed by atoms with Crippen molar-refractivity contribution in [2.24, 2.45) is 11.7 Å². The molecule has 0 spiro atoms. The fraction of sp³-hybridized carbons (Fsp3) is 1.00. The Morgan fingerprint density at radius 1 is 1.40 bits per heavy atom. The minimum Gasteiger partial charge on any atom is -0.378 e. The molecule has 2 saturated heterocycles. The van der Waals surface area contributed by atoms with Crippen molar-refractivity contribution in [1.82, 2.24) is 0 Å². The van der Waals surface area contributed by atoms with Gasteiger partial charge in [-0.2, -0.15) is 0 Å². The van der Waals surface area contributed by atoms with Crippen LogP contribution in [0.3, 0.4) is 0 Å². The molecule has 2 rings (SSSR count). The Balaban J connectivity index is 1.65. The number of hydrogen-bond acceptors (Lipinski definition) is 3. The van der Waals surface area contributed by atoms with Crippen LogP contribution in [0.2, 0.25) is 0 Å². The summed E-state index contributed by atoms with van der Waals surface area (Å²) in [5, 5.41) is 0. The number of hydrogen-bond donors (Lipinski definition) is 1. The van der Waals surface area contributed by atoms with Crippen LogP contribution in [0.25, 0.3) is 0 Å². The molecule has 2 N–H and O–H groups in total. The van der Waals surface area contributed by atoms with Gasteiger partial charge in [-0.3, -0.25) is 0 Å². The first-order chi connectivity index (χ1) is 7.25. The van der Waals surface area contributed by atoms with E-state index in [9.17, 15) is 0 Å². The first-order valence-electron chi connectivity index (χ1n) is 6.24. The zero-order valence-electron chi connectivity index (χ0n) is 9.65. The van der Waals surface area contributed by atoms with Crippen molar-refractivity contribution in [3.05, 3.63) is 0 Å². The zero-order chi connectivity index (χ0) is 10.7. The summed E-state index contributed by atoms with van der Waals surface area (Å²) < 4.78 is 11.1. The van der Waals surface area contributed by atoms with Crippen LogP contribution in [0, 0.1) is 5.92 Å². The molecule has 0 aromatic carbocycles. The molecule has 0 saturated carbocycles. The van der Waals surface area contributed by atoms with Crippen LogP contribution >= 0.6 is 0 Å². The van der Waals surface area contributed by atoms with E-state index in [-0.39, 0.29) is 0 Å². The lowest BCUT2D eigenvalue weighted by Crippen LogP contribution is -2.31. The molecule has 3 nitrogen and oxygen atoms in total. The first-order valence-corrected chi connectivity index (χ1v) is 6.24. The van der Waals surface area contributed by atoms with Crippen molar-refractivity contribution in [2.75, 3.05) is 13.2 Å². The minimum atomic E-state index is 0.305. The Hall–Kier alpha value is -0.120. The average Bonchev–Trinajstić information content (AvgIpc) is 2.84. The molecule has 3 heteroatoms. The van der Waals surface area contributed by atoms with E-state index < -0.39 is 0 Å². The van der Waals surface area contributed by atoms with Crippen LogP contribution in [0.5, 0.6) is 0 Å². The molecule has 0 aromatic heterocycles. The van der Waals surface area contributed by atoms with Crippen molar-refractivity contribution in [3.8, 4) is 0 Å². The van der Waals surface area contributed by atoms with Gasteiger partial charge in [-0.1, -0.05) is 0 Å². The Labute approximate surface area is 92.3 Å². The second-order valence-corrected chi connectivity index (χ2v) is 5.02. The van der Waals surface area contributed by atoms with Gasteiger partial charge < -0.3 is 15.2 Å². The minimum absolute atomic E-state index is 0.305. The van der Waals surface area contributed by atoms with E-state index >= 15 is 0 Å². The molecule has 0 bridgehead atoms. The van der Waals surface area contributed by atoms with Crippen LogP contribution in [-0.2, 0) is 9.47 Å². The number of rotatable bonds is 4. The summed E-state index contributed by atoms with van der Waals surface area (Å²) in [4.78, 5) is 0. The van der Waals surface area contributed by atoms with Gasteiger partial charge >= 0.3 is 0 Å². The van der Waals surface area contributed by atoms with E-state index in [0.29, 0.717) is 24.2 Å². The standard InChI is InChI=1S/C12H23NO2/c1-9-7-10(8-15-9)12(13)5-4-11-3-2-6-14-11/h9-12H,2-8,13H2,1H3. The highest BCUT2D eigenvalue weighted by atomic mass is 16.5. The highest BCUT2D eigenvalue weighted by Gasteiger charge is 2.28. The first kappa shape index (κ1) is 11.4. The molecule has 2 aliphatic heterocycles. The topological polar surface area (TPSA) is 44.5 Å². The summed E-state index contributed by atoms with van der Waals surface area (Å²) in [6.45, 7) is 3.93. The molecular weight excluding hydrogens is 190 g/mol. The zero-order valence-corrected chi connectivity index (χ0v) is 9.65. The van der Waals surface area contributed by atoms with E-state index in [2.05, 4.69) is 6.92 Å². The molecule has 0 aliphatic carbocycles. The van der Waals surface area contributed by atoms with Crippen molar-refractivity contribution in [1.29, 1.82) is 0 Å². The van der Waals surface area contributed by atoms with Crippen LogP contribution < -0.4 is 5.73 Å². The Bertz CT molecular complexity index is 192. The molecule has 15 heavy (non-hydrogen) atoms. The monoisotopic (exact) mass is 213 g/mol. The van der Waals surface area contributed by atoms with Gasteiger partial charge in [0.05, 0.1) is 18.8 Å². The summed E-state index contributed by atoms with van der Waals surface area (Å²) >= 11 is 0. The van der Waals surface area contributed by atoms with Gasteiger partial charge in [0.15, 0.2) is 0 Å². The Morgan fingerprint density at radius 3 is 2.87 bits per heavy atom. The lowest BCUT2D eigenvalue weighted by atomic mass is 9.93. The second kappa shape index (κ2) is 5.28. The molecule has 0 amide bonds. The van der Waals surface area contributed by atoms with Crippen molar-refractivity contribution in [3.63, 3.8) is 0 Å². The van der Waals surface area contributed by atoms with Crippen molar-refractivity contribution < 1.29 is 9.47 Å². The van der Waals surface area contributed by atoms with Crippen molar-refractivity contribution >= 4 is 0 Å². The fourth-order valence-corrected chi connectivity index (χ4v) is 2.63. The fourth-order valence-electron chi connectivity index (χ4n) is 2.63. The van der Waals surface area contributed by atoms with Gasteiger partial charge in [-0.05, 0) is 44.9 Å². The molecule has 0 radical (unpaired) electrons. The second-order valence-electron chi connectivity index (χ2n) is 5.02. The largest absolute Gasteiger partial charge is 0.378 e. The van der Waals surface area contributed by atoms with E-state index in [1.807, 2.05) is 0 Å². The summed E-state index contributed by atoms with van der Waals surface area (Å²) in [6, 6.07) is 0.305. The third-order valence-electron chi connectivity index (χ3n) is 3.68. The quantitative estimate of drug-likeness (QED) is 0.773. The van der Waals surface area contributed by atoms with Crippen LogP contribution in [0.15, 0.2) is 0 Å². The predicted octanol–water partition coefficient (Wildman–Crippen LogP) is 1.70. The predicted molar refractivity (Wildman–Crippen MR) is 59.7 cm³/mol. The van der Waals surface area contributed by atoms with Crippen LogP contribution in [0.1, 0.15) is 39.0 Å². The van der Waals surface area contributed by atoms with Crippen LogP contribution in [0.4, 0.5) is 0 Å². The number of nitrogens with two attached hydrogens (primary N) is 1. The number of ether oxygens (including phenoxy) is 2. The van der Waals surface area contributed by atoms with Gasteiger partial charge in [0.1, 0.15) is 0 Å². The van der Waals surface area contributed by atoms with E-state index in [4.69, 9.17) is 15.2 Å². The van der Waals surface area contributed by atoms with Crippen molar-refractivity contribution in [2.45, 2.75) is 57.3 Å². The normalized spacial score (nSPS) is 38.4. The average molecular weight is 213 g/mol. The maximum Gasteiger partial charge on any atom is 0.0576 e. The lowest BCUT2D eigenvalue weighted by Gasteiger charge is -2.19. The van der Waals surface area contributed by atoms with Gasteiger partial charge in [0.2, 0.25) is 0 Å². The molecule has 4 atom stereocenters. The van der Waals surface area contributed by atoms with Gasteiger partial charge in [0.25, 0.3) is 0 Å². The lowest BCUT2D eigenvalue weighted by molar-refractivity contribution is 0.0964. The molecule has 2 aliphatic rings. The molecule has 2 heterocycles. The van der Waals surface area contributed by atoms with E-state index in [1.165, 1.54) is 12.8 Å². The highest BCUT2D eigenvalue weighted by Crippen LogP contribution is 2.25. The molecule has 88 valence electrons. The van der Waals surface area contributed by atoms with Gasteiger partial charge in [-0.25, -0.2) is 0 Å². The molecule has 0 aromatic rings. The highest BCUT2D eigenvalue weighted by molar-refractivity contribution is 4.81. The maximum absolute atomic E-state index is 6.18. The van der Waals surface area contributed by atoms with Gasteiger partial charge in [-0.15, -0.1) is 0 Å². The summed E-state index contributed by atoms with van der Waals surface area (Å²) in [7, 11) is 0. The summed E-state index contributed by atoms with van der Waals surface area (Å²) in [5.41, 5.74) is 6.18. The third-order valence-corrected chi connectivity index (χ3v) is 3.68. The molecule has 2 fully saturated rings. The molecule has 4 unspecified atom stereocenters. The SMILES string of the molecule is CC1CC(C(N)CCC2CCCO2)CO1. The Kier molecular flexibility index (Phi) is 4.00. The Morgan fingerprint density at radius 2 is 2.27 bits per heavy atom. The van der Waals surface area contributed by atoms with Crippen LogP contribution in [-0.4, -0.2) is 31.5 Å². The van der Waals surface area contributed by atoms with Gasteiger partial charge in [0, 0.05) is 12.6 Å². The van der Waals surface area contributed by atoms with E-state index in [1.54, 1.807) is 0 Å².